The van der Waals surface area contributed by atoms with Gasteiger partial charge in [-0.05, 0) is 37.1 Å². The van der Waals surface area contributed by atoms with Crippen molar-refractivity contribution in [3.8, 4) is 0 Å². The fourth-order valence-corrected chi connectivity index (χ4v) is 3.99. The number of halogens is 3. The van der Waals surface area contributed by atoms with E-state index in [9.17, 15) is 13.2 Å². The maximum Gasteiger partial charge on any atom is 0.433 e. The number of allylic oxidation sites excluding steroid dienone is 3. The van der Waals surface area contributed by atoms with Crippen LogP contribution in [-0.4, -0.2) is 28.8 Å². The molecule has 0 unspecified atom stereocenters. The summed E-state index contributed by atoms with van der Waals surface area (Å²) in [6.45, 7) is 3.33. The van der Waals surface area contributed by atoms with E-state index in [0.717, 1.165) is 23.7 Å². The maximum absolute atomic E-state index is 13.1. The number of alkyl halides is 3. The summed E-state index contributed by atoms with van der Waals surface area (Å²) >= 11 is 1.58. The summed E-state index contributed by atoms with van der Waals surface area (Å²) < 4.78 is 39.2. The number of aromatic nitrogens is 1. The molecular weight excluding hydrogens is 363 g/mol. The van der Waals surface area contributed by atoms with Gasteiger partial charge in [0, 0.05) is 46.3 Å². The highest BCUT2D eigenvalue weighted by Crippen LogP contribution is 2.38. The third-order valence-corrected chi connectivity index (χ3v) is 5.13. The molecule has 0 amide bonds. The Labute approximate surface area is 153 Å². The van der Waals surface area contributed by atoms with Crippen molar-refractivity contribution in [1.82, 2.24) is 4.98 Å². The zero-order chi connectivity index (χ0) is 19.6. The molecule has 6 N–H and O–H groups in total. The van der Waals surface area contributed by atoms with Crippen LogP contribution in [0.4, 0.5) is 13.2 Å². The smallest absolute Gasteiger partial charge is 0.404 e. The molecule has 1 aromatic heterocycles. The van der Waals surface area contributed by atoms with Crippen molar-refractivity contribution < 1.29 is 13.2 Å². The van der Waals surface area contributed by atoms with Crippen molar-refractivity contribution in [1.29, 1.82) is 10.8 Å². The number of hydrogen-bond acceptors (Lipinski definition) is 6. The lowest BCUT2D eigenvalue weighted by molar-refractivity contribution is -0.0578. The lowest BCUT2D eigenvalue weighted by Gasteiger charge is -2.25. The Morgan fingerprint density at radius 3 is 2.46 bits per heavy atom. The van der Waals surface area contributed by atoms with Crippen LogP contribution in [0.15, 0.2) is 11.9 Å². The summed E-state index contributed by atoms with van der Waals surface area (Å²) in [5.41, 5.74) is 13.0. The van der Waals surface area contributed by atoms with E-state index in [0.29, 0.717) is 40.3 Å². The van der Waals surface area contributed by atoms with Crippen molar-refractivity contribution in [3.63, 3.8) is 0 Å². The summed E-state index contributed by atoms with van der Waals surface area (Å²) in [6.07, 6.45) is -2.27. The minimum absolute atomic E-state index is 0.0808. The Kier molecular flexibility index (Phi) is 5.80. The van der Waals surface area contributed by atoms with E-state index in [1.165, 1.54) is 0 Å². The highest BCUT2D eigenvalue weighted by atomic mass is 32.2. The Hall–Kier alpha value is -2.29. The van der Waals surface area contributed by atoms with Crippen LogP contribution in [-0.2, 0) is 12.2 Å². The average molecular weight is 383 g/mol. The number of hydrogen-bond donors (Lipinski definition) is 4. The van der Waals surface area contributed by atoms with Gasteiger partial charge in [0.15, 0.2) is 0 Å². The molecule has 5 nitrogen and oxygen atoms in total. The third kappa shape index (κ3) is 3.62. The van der Waals surface area contributed by atoms with Gasteiger partial charge >= 0.3 is 6.18 Å². The monoisotopic (exact) mass is 383 g/mol. The second-order valence-electron chi connectivity index (χ2n) is 5.87. The molecule has 2 heterocycles. The van der Waals surface area contributed by atoms with Crippen LogP contribution in [0, 0.1) is 17.7 Å². The molecule has 1 aliphatic heterocycles. The Morgan fingerprint density at radius 1 is 1.31 bits per heavy atom. The van der Waals surface area contributed by atoms with Gasteiger partial charge in [-0.25, -0.2) is 0 Å². The molecule has 0 saturated heterocycles. The molecule has 0 atom stereocenters. The van der Waals surface area contributed by atoms with Crippen molar-refractivity contribution in [2.24, 2.45) is 11.5 Å². The fraction of sp³-hybridized carbons (Fsp3) is 0.353. The SMILES string of the molecule is C/C(N)=C(/C=N)c1c(C)nc(/C(=C/N)C(=N)C(F)(F)F)c2c1CCSC2. The van der Waals surface area contributed by atoms with E-state index in [-0.39, 0.29) is 5.69 Å². The van der Waals surface area contributed by atoms with Gasteiger partial charge in [0.05, 0.1) is 5.69 Å². The zero-order valence-corrected chi connectivity index (χ0v) is 15.2. The maximum atomic E-state index is 13.1. The molecule has 0 fully saturated rings. The topological polar surface area (TPSA) is 113 Å². The van der Waals surface area contributed by atoms with Gasteiger partial charge in [-0.15, -0.1) is 0 Å². The lowest BCUT2D eigenvalue weighted by Crippen LogP contribution is -2.26. The van der Waals surface area contributed by atoms with Gasteiger partial charge in [-0.1, -0.05) is 0 Å². The van der Waals surface area contributed by atoms with Gasteiger partial charge in [0.2, 0.25) is 0 Å². The van der Waals surface area contributed by atoms with Crippen LogP contribution in [0.3, 0.4) is 0 Å². The van der Waals surface area contributed by atoms with Crippen molar-refractivity contribution in [2.75, 3.05) is 5.75 Å². The first-order chi connectivity index (χ1) is 12.1. The predicted octanol–water partition coefficient (Wildman–Crippen LogP) is 3.40. The van der Waals surface area contributed by atoms with E-state index >= 15 is 0 Å². The first-order valence-corrected chi connectivity index (χ1v) is 8.94. The summed E-state index contributed by atoms with van der Waals surface area (Å²) in [4.78, 5) is 4.35. The normalized spacial score (nSPS) is 16.0. The molecular formula is C17H20F3N5S. The summed E-state index contributed by atoms with van der Waals surface area (Å²) in [5, 5.41) is 15.1. The molecule has 2 rings (SSSR count). The zero-order valence-electron chi connectivity index (χ0n) is 14.4. The number of thioether (sulfide) groups is 1. The number of nitrogens with one attached hydrogen (secondary N) is 2. The van der Waals surface area contributed by atoms with Gasteiger partial charge in [-0.3, -0.25) is 10.4 Å². The molecule has 0 spiro atoms. The predicted molar refractivity (Wildman–Crippen MR) is 100 cm³/mol. The molecule has 0 aromatic carbocycles. The Morgan fingerprint density at radius 2 is 1.96 bits per heavy atom. The van der Waals surface area contributed by atoms with Gasteiger partial charge in [0.1, 0.15) is 5.71 Å². The van der Waals surface area contributed by atoms with Gasteiger partial charge in [0.25, 0.3) is 0 Å². The molecule has 0 aliphatic carbocycles. The van der Waals surface area contributed by atoms with Crippen LogP contribution in [0.5, 0.6) is 0 Å². The Bertz CT molecular complexity index is 821. The molecule has 0 radical (unpaired) electrons. The van der Waals surface area contributed by atoms with Crippen molar-refractivity contribution in [2.45, 2.75) is 32.2 Å². The van der Waals surface area contributed by atoms with Crippen LogP contribution >= 0.6 is 11.8 Å². The Balaban J connectivity index is 2.80. The highest BCUT2D eigenvalue weighted by Gasteiger charge is 2.39. The fourth-order valence-electron chi connectivity index (χ4n) is 2.98. The number of rotatable bonds is 4. The molecule has 9 heteroatoms. The summed E-state index contributed by atoms with van der Waals surface area (Å²) in [7, 11) is 0. The molecule has 0 bridgehead atoms. The highest BCUT2D eigenvalue weighted by molar-refractivity contribution is 7.98. The quantitative estimate of drug-likeness (QED) is 0.597. The minimum Gasteiger partial charge on any atom is -0.404 e. The second-order valence-corrected chi connectivity index (χ2v) is 6.98. The average Bonchev–Trinajstić information content (AvgIpc) is 2.57. The largest absolute Gasteiger partial charge is 0.433 e. The number of fused-ring (bicyclic) bond motifs is 1. The second kappa shape index (κ2) is 7.53. The number of nitrogens with two attached hydrogens (primary N) is 2. The van der Waals surface area contributed by atoms with Crippen molar-refractivity contribution in [3.05, 3.63) is 40.0 Å². The van der Waals surface area contributed by atoms with Gasteiger partial charge in [-0.2, -0.15) is 24.9 Å². The van der Waals surface area contributed by atoms with Crippen LogP contribution in [0.25, 0.3) is 11.1 Å². The van der Waals surface area contributed by atoms with Gasteiger partial charge < -0.3 is 16.9 Å². The lowest BCUT2D eigenvalue weighted by atomic mass is 9.89. The molecule has 140 valence electrons. The number of pyridine rings is 1. The van der Waals surface area contributed by atoms with Crippen molar-refractivity contribution >= 4 is 34.8 Å². The molecule has 1 aliphatic rings. The van der Waals surface area contributed by atoms with E-state index in [1.807, 2.05) is 0 Å². The summed E-state index contributed by atoms with van der Waals surface area (Å²) in [5.74, 6) is 1.26. The summed E-state index contributed by atoms with van der Waals surface area (Å²) in [6, 6.07) is 0. The number of aryl methyl sites for hydroxylation is 1. The third-order valence-electron chi connectivity index (χ3n) is 4.15. The number of nitrogens with zero attached hydrogens (tertiary/aromatic N) is 1. The first-order valence-electron chi connectivity index (χ1n) is 7.79. The van der Waals surface area contributed by atoms with Crippen LogP contribution in [0.1, 0.15) is 35.0 Å². The van der Waals surface area contributed by atoms with E-state index in [1.54, 1.807) is 25.6 Å². The minimum atomic E-state index is -4.82. The molecule has 1 aromatic rings. The van der Waals surface area contributed by atoms with E-state index in [2.05, 4.69) is 4.98 Å². The standard InChI is InChI=1S/C17H20F3N5S/c1-8(23)11(5-21)14-9(2)25-15(13-7-26-4-3-10(13)14)12(6-22)16(24)17(18,19)20/h5-6,21,24H,3-4,7,22-23H2,1-2H3/b11-8+,12-6-,21-5?,24-16?. The van der Waals surface area contributed by atoms with Crippen LogP contribution < -0.4 is 11.5 Å². The molecule has 26 heavy (non-hydrogen) atoms. The van der Waals surface area contributed by atoms with E-state index < -0.39 is 17.5 Å². The molecule has 0 saturated carbocycles. The van der Waals surface area contributed by atoms with Crippen LogP contribution in [0.2, 0.25) is 0 Å². The van der Waals surface area contributed by atoms with E-state index in [4.69, 9.17) is 22.3 Å². The first kappa shape index (κ1) is 20.0.